The number of carbonyl (C=O) groups is 2. The van der Waals surface area contributed by atoms with Crippen molar-refractivity contribution in [2.75, 3.05) is 25.6 Å². The third-order valence-electron chi connectivity index (χ3n) is 4.76. The minimum Gasteiger partial charge on any atom is -0.493 e. The van der Waals surface area contributed by atoms with Crippen LogP contribution in [0.15, 0.2) is 18.2 Å². The van der Waals surface area contributed by atoms with Gasteiger partial charge in [-0.3, -0.25) is 4.79 Å². The van der Waals surface area contributed by atoms with Crippen LogP contribution in [0.2, 0.25) is 0 Å². The fraction of sp³-hybridized carbons (Fsp3) is 0.652. The molecule has 0 aliphatic carbocycles. The van der Waals surface area contributed by atoms with Gasteiger partial charge in [-0.05, 0) is 44.4 Å². The molecule has 0 spiro atoms. The highest BCUT2D eigenvalue weighted by molar-refractivity contribution is 5.99. The van der Waals surface area contributed by atoms with Crippen LogP contribution in [0.4, 0.5) is 5.69 Å². The van der Waals surface area contributed by atoms with Crippen molar-refractivity contribution < 1.29 is 23.8 Å². The molecule has 0 fully saturated rings. The van der Waals surface area contributed by atoms with Crippen LogP contribution >= 0.6 is 0 Å². The van der Waals surface area contributed by atoms with Crippen LogP contribution in [-0.2, 0) is 14.3 Å². The predicted octanol–water partition coefficient (Wildman–Crippen LogP) is 5.36. The zero-order chi connectivity index (χ0) is 21.7. The lowest BCUT2D eigenvalue weighted by molar-refractivity contribution is -0.140. The van der Waals surface area contributed by atoms with Gasteiger partial charge < -0.3 is 19.5 Å². The Bertz CT molecular complexity index is 646. The summed E-state index contributed by atoms with van der Waals surface area (Å²) in [6, 6.07) is 5.02. The Balaban J connectivity index is 2.99. The molecule has 1 aromatic carbocycles. The molecule has 0 aliphatic rings. The molecule has 0 heterocycles. The predicted molar refractivity (Wildman–Crippen MR) is 116 cm³/mol. The molecule has 1 N–H and O–H groups in total. The largest absolute Gasteiger partial charge is 0.493 e. The first-order valence-electron chi connectivity index (χ1n) is 10.7. The number of amides is 1. The molecule has 164 valence electrons. The number of hydrogen-bond acceptors (Lipinski definition) is 5. The summed E-state index contributed by atoms with van der Waals surface area (Å²) in [4.78, 5) is 25.2. The maximum Gasteiger partial charge on any atom is 0.341 e. The van der Waals surface area contributed by atoms with Crippen LogP contribution < -0.4 is 10.1 Å². The maximum absolute atomic E-state index is 13.0. The third-order valence-corrected chi connectivity index (χ3v) is 4.76. The molecule has 29 heavy (non-hydrogen) atoms. The lowest BCUT2D eigenvalue weighted by Gasteiger charge is -2.29. The number of hydrogen-bond donors (Lipinski definition) is 1. The summed E-state index contributed by atoms with van der Waals surface area (Å²) in [5.74, 6) is -0.255. The number of carbonyl (C=O) groups excluding carboxylic acids is 2. The smallest absolute Gasteiger partial charge is 0.341 e. The van der Waals surface area contributed by atoms with Gasteiger partial charge in [0.2, 0.25) is 0 Å². The fourth-order valence-corrected chi connectivity index (χ4v) is 2.88. The van der Waals surface area contributed by atoms with E-state index in [0.29, 0.717) is 36.6 Å². The van der Waals surface area contributed by atoms with Crippen LogP contribution in [0.1, 0.15) is 83.0 Å². The van der Waals surface area contributed by atoms with Gasteiger partial charge in [-0.25, -0.2) is 4.79 Å². The van der Waals surface area contributed by atoms with Gasteiger partial charge in [-0.2, -0.15) is 0 Å². The van der Waals surface area contributed by atoms with Gasteiger partial charge in [0.15, 0.2) is 0 Å². The van der Waals surface area contributed by atoms with E-state index in [1.807, 2.05) is 13.8 Å². The number of nitrogens with one attached hydrogen (secondary N) is 1. The van der Waals surface area contributed by atoms with Crippen molar-refractivity contribution in [2.24, 2.45) is 0 Å². The second kappa shape index (κ2) is 13.2. The summed E-state index contributed by atoms with van der Waals surface area (Å²) >= 11 is 0. The van der Waals surface area contributed by atoms with E-state index in [1.165, 1.54) is 7.11 Å². The highest BCUT2D eigenvalue weighted by atomic mass is 16.5. The zero-order valence-electron chi connectivity index (χ0n) is 18.6. The molecule has 0 unspecified atom stereocenters. The molecule has 0 aromatic heterocycles. The standard InChI is InChI=1S/C23H37NO5/c1-6-9-11-14-23(4,29-15-8-3)22(26)24-18-12-13-20(28-16-10-7-2)19(17-18)21(25)27-5/h12-13,17H,6-11,14-16H2,1-5H3,(H,24,26)/t23-/m0/s1. The van der Waals surface area contributed by atoms with Gasteiger partial charge in [-0.15, -0.1) is 0 Å². The first kappa shape index (κ1) is 25.0. The van der Waals surface area contributed by atoms with E-state index in [-0.39, 0.29) is 5.91 Å². The minimum atomic E-state index is -0.910. The summed E-state index contributed by atoms with van der Waals surface area (Å²) < 4.78 is 16.5. The van der Waals surface area contributed by atoms with E-state index >= 15 is 0 Å². The van der Waals surface area contributed by atoms with Crippen molar-refractivity contribution in [3.63, 3.8) is 0 Å². The van der Waals surface area contributed by atoms with Gasteiger partial charge in [0.25, 0.3) is 5.91 Å². The Kier molecular flexibility index (Phi) is 11.4. The molecular weight excluding hydrogens is 370 g/mol. The Morgan fingerprint density at radius 1 is 1.00 bits per heavy atom. The van der Waals surface area contributed by atoms with Gasteiger partial charge in [0.05, 0.1) is 13.7 Å². The molecule has 0 saturated heterocycles. The van der Waals surface area contributed by atoms with E-state index in [2.05, 4.69) is 19.2 Å². The summed E-state index contributed by atoms with van der Waals surface area (Å²) in [6.07, 6.45) is 6.42. The maximum atomic E-state index is 13.0. The molecule has 1 rings (SSSR count). The SMILES string of the molecule is CCCCC[C@](C)(OCCC)C(=O)Nc1ccc(OCCCC)c(C(=O)OC)c1. The Morgan fingerprint density at radius 2 is 1.72 bits per heavy atom. The van der Waals surface area contributed by atoms with Gasteiger partial charge in [-0.1, -0.05) is 46.5 Å². The second-order valence-corrected chi connectivity index (χ2v) is 7.40. The van der Waals surface area contributed by atoms with Crippen LogP contribution in [0.25, 0.3) is 0 Å². The van der Waals surface area contributed by atoms with E-state index in [1.54, 1.807) is 18.2 Å². The van der Waals surface area contributed by atoms with Crippen molar-refractivity contribution in [2.45, 2.75) is 78.2 Å². The molecule has 1 atom stereocenters. The summed E-state index contributed by atoms with van der Waals surface area (Å²) in [7, 11) is 1.33. The van der Waals surface area contributed by atoms with Gasteiger partial charge in [0, 0.05) is 12.3 Å². The van der Waals surface area contributed by atoms with E-state index in [0.717, 1.165) is 38.5 Å². The summed E-state index contributed by atoms with van der Waals surface area (Å²) in [5.41, 5.74) is -0.101. The van der Waals surface area contributed by atoms with Crippen LogP contribution in [0.5, 0.6) is 5.75 Å². The molecule has 0 saturated carbocycles. The number of rotatable bonds is 14. The molecular formula is C23H37NO5. The summed E-state index contributed by atoms with van der Waals surface area (Å²) in [6.45, 7) is 9.09. The molecule has 1 amide bonds. The van der Waals surface area contributed by atoms with Crippen molar-refractivity contribution in [3.05, 3.63) is 23.8 Å². The van der Waals surface area contributed by atoms with Crippen LogP contribution in [0, 0.1) is 0 Å². The molecule has 6 heteroatoms. The van der Waals surface area contributed by atoms with Crippen molar-refractivity contribution >= 4 is 17.6 Å². The molecule has 6 nitrogen and oxygen atoms in total. The molecule has 0 bridgehead atoms. The summed E-state index contributed by atoms with van der Waals surface area (Å²) in [5, 5.41) is 2.90. The van der Waals surface area contributed by atoms with E-state index < -0.39 is 11.6 Å². The highest BCUT2D eigenvalue weighted by Gasteiger charge is 2.33. The average molecular weight is 408 g/mol. The number of ether oxygens (including phenoxy) is 3. The van der Waals surface area contributed by atoms with Crippen molar-refractivity contribution in [1.82, 2.24) is 0 Å². The van der Waals surface area contributed by atoms with E-state index in [4.69, 9.17) is 14.2 Å². The Labute approximate surface area is 175 Å². The Hall–Kier alpha value is -2.08. The lowest BCUT2D eigenvalue weighted by Crippen LogP contribution is -2.43. The average Bonchev–Trinajstić information content (AvgIpc) is 2.72. The monoisotopic (exact) mass is 407 g/mol. The van der Waals surface area contributed by atoms with Crippen molar-refractivity contribution in [3.8, 4) is 5.75 Å². The second-order valence-electron chi connectivity index (χ2n) is 7.40. The number of unbranched alkanes of at least 4 members (excludes halogenated alkanes) is 3. The van der Waals surface area contributed by atoms with Gasteiger partial charge >= 0.3 is 5.97 Å². The number of anilines is 1. The topological polar surface area (TPSA) is 73.9 Å². The van der Waals surface area contributed by atoms with Gasteiger partial charge in [0.1, 0.15) is 16.9 Å². The van der Waals surface area contributed by atoms with Crippen LogP contribution in [0.3, 0.4) is 0 Å². The molecule has 1 aromatic rings. The quantitative estimate of drug-likeness (QED) is 0.332. The first-order chi connectivity index (χ1) is 13.9. The van der Waals surface area contributed by atoms with E-state index in [9.17, 15) is 9.59 Å². The van der Waals surface area contributed by atoms with Crippen LogP contribution in [-0.4, -0.2) is 37.8 Å². The number of methoxy groups -OCH3 is 1. The first-order valence-corrected chi connectivity index (χ1v) is 10.7. The number of esters is 1. The lowest BCUT2D eigenvalue weighted by atomic mass is 9.96. The highest BCUT2D eigenvalue weighted by Crippen LogP contribution is 2.27. The molecule has 0 aliphatic heterocycles. The third kappa shape index (κ3) is 8.05. The van der Waals surface area contributed by atoms with Crippen molar-refractivity contribution in [1.29, 1.82) is 0 Å². The fourth-order valence-electron chi connectivity index (χ4n) is 2.88. The Morgan fingerprint density at radius 3 is 2.34 bits per heavy atom. The number of benzene rings is 1. The molecule has 0 radical (unpaired) electrons. The zero-order valence-corrected chi connectivity index (χ0v) is 18.6. The minimum absolute atomic E-state index is 0.211. The normalized spacial score (nSPS) is 12.9.